The molecule has 2 aliphatic heterocycles. The van der Waals surface area contributed by atoms with Crippen molar-refractivity contribution in [1.82, 2.24) is 15.0 Å². The summed E-state index contributed by atoms with van der Waals surface area (Å²) in [6, 6.07) is 6.60. The molecule has 3 N–H and O–H groups in total. The number of allylic oxidation sites excluding steroid dienone is 2. The maximum atomic E-state index is 15.7. The van der Waals surface area contributed by atoms with Crippen LogP contribution in [0, 0.1) is 87.3 Å². The molecule has 0 saturated carbocycles. The van der Waals surface area contributed by atoms with Crippen LogP contribution in [0.3, 0.4) is 0 Å². The van der Waals surface area contributed by atoms with Gasteiger partial charge >= 0.3 is 0 Å². The number of nitrogens with one attached hydrogen (secondary N) is 3. The molecular formula is C40H17F15N4. The van der Waals surface area contributed by atoms with Gasteiger partial charge in [-0.05, 0) is 62.4 Å². The zero-order valence-electron chi connectivity index (χ0n) is 29.2. The molecule has 5 heterocycles. The van der Waals surface area contributed by atoms with Gasteiger partial charge in [-0.2, -0.15) is 0 Å². The molecule has 302 valence electrons. The maximum absolute atomic E-state index is 15.7. The van der Waals surface area contributed by atoms with Crippen molar-refractivity contribution < 1.29 is 65.9 Å². The van der Waals surface area contributed by atoms with Crippen LogP contribution >= 0.6 is 0 Å². The summed E-state index contributed by atoms with van der Waals surface area (Å²) in [5.74, 6) is -36.3. The summed E-state index contributed by atoms with van der Waals surface area (Å²) < 4.78 is 225. The van der Waals surface area contributed by atoms with Crippen molar-refractivity contribution in [2.75, 3.05) is 0 Å². The molecule has 2 aliphatic rings. The van der Waals surface area contributed by atoms with Gasteiger partial charge in [0.2, 0.25) is 17.5 Å². The summed E-state index contributed by atoms with van der Waals surface area (Å²) >= 11 is 0. The van der Waals surface area contributed by atoms with Gasteiger partial charge in [0.05, 0.1) is 28.1 Å². The number of halogens is 15. The molecule has 0 unspecified atom stereocenters. The Balaban J connectivity index is 1.60. The van der Waals surface area contributed by atoms with E-state index in [1.807, 2.05) is 0 Å². The van der Waals surface area contributed by atoms with E-state index in [0.29, 0.717) is 0 Å². The lowest BCUT2D eigenvalue weighted by atomic mass is 9.86. The van der Waals surface area contributed by atoms with Crippen LogP contribution in [0.2, 0.25) is 0 Å². The molecule has 0 fully saturated rings. The highest BCUT2D eigenvalue weighted by Crippen LogP contribution is 2.40. The van der Waals surface area contributed by atoms with Crippen LogP contribution in [0.25, 0.3) is 16.7 Å². The first-order valence-corrected chi connectivity index (χ1v) is 16.7. The Morgan fingerprint density at radius 2 is 0.712 bits per heavy atom. The molecule has 3 aromatic heterocycles. The number of aromatic amines is 3. The van der Waals surface area contributed by atoms with Crippen molar-refractivity contribution in [3.8, 4) is 0 Å². The SMILES string of the molecule is CC1(C)c2ccc([nH]2)/C(c2c(F)c(F)c(F)c(F)c2F)=C2/C=CC(=N2)/C(c2c(F)c(F)c(F)c(F)c2F)=c2/cc/c([nH]2)=C(\c2c(F)c(F)c(F)c(F)c2F)c2ccc1[nH]2. The fourth-order valence-corrected chi connectivity index (χ4v) is 6.97. The Bertz CT molecular complexity index is 3000. The first kappa shape index (κ1) is 39.2. The minimum atomic E-state index is -2.60. The van der Waals surface area contributed by atoms with Crippen LogP contribution in [0.4, 0.5) is 65.9 Å². The van der Waals surface area contributed by atoms with Gasteiger partial charge in [0, 0.05) is 55.6 Å². The highest BCUT2D eigenvalue weighted by molar-refractivity contribution is 6.30. The second-order valence-corrected chi connectivity index (χ2v) is 13.7. The molecule has 0 atom stereocenters. The molecule has 8 bridgehead atoms. The zero-order chi connectivity index (χ0) is 42.7. The van der Waals surface area contributed by atoms with E-state index in [2.05, 4.69) is 19.9 Å². The Morgan fingerprint density at radius 1 is 0.373 bits per heavy atom. The molecule has 0 amide bonds. The Morgan fingerprint density at radius 3 is 1.14 bits per heavy atom. The number of fused-ring (bicyclic) bond motifs is 7. The quantitative estimate of drug-likeness (QED) is 0.0905. The number of H-pyrrole nitrogens is 3. The van der Waals surface area contributed by atoms with E-state index in [4.69, 9.17) is 0 Å². The van der Waals surface area contributed by atoms with E-state index in [1.165, 1.54) is 26.0 Å². The third kappa shape index (κ3) is 5.60. The van der Waals surface area contributed by atoms with E-state index < -0.39 is 154 Å². The molecule has 0 spiro atoms. The monoisotopic (exact) mass is 838 g/mol. The maximum Gasteiger partial charge on any atom is 0.200 e. The largest absolute Gasteiger partial charge is 0.358 e. The van der Waals surface area contributed by atoms with Gasteiger partial charge < -0.3 is 15.0 Å². The molecule has 3 aromatic carbocycles. The Kier molecular flexibility index (Phi) is 8.93. The molecule has 4 nitrogen and oxygen atoms in total. The lowest BCUT2D eigenvalue weighted by Crippen LogP contribution is -2.23. The number of nitrogens with zero attached hydrogens (tertiary/aromatic N) is 1. The Labute approximate surface area is 319 Å². The molecule has 59 heavy (non-hydrogen) atoms. The van der Waals surface area contributed by atoms with Gasteiger partial charge in [-0.1, -0.05) is 0 Å². The van der Waals surface area contributed by atoms with E-state index in [1.54, 1.807) is 0 Å². The first-order valence-electron chi connectivity index (χ1n) is 16.7. The third-order valence-corrected chi connectivity index (χ3v) is 10.0. The van der Waals surface area contributed by atoms with Gasteiger partial charge in [-0.3, -0.25) is 0 Å². The van der Waals surface area contributed by atoms with Crippen molar-refractivity contribution in [3.63, 3.8) is 0 Å². The molecule has 0 radical (unpaired) electrons. The van der Waals surface area contributed by atoms with Crippen molar-refractivity contribution in [2.24, 2.45) is 4.99 Å². The predicted octanol–water partition coefficient (Wildman–Crippen LogP) is 9.31. The second kappa shape index (κ2) is 13.5. The van der Waals surface area contributed by atoms with Gasteiger partial charge in [0.25, 0.3) is 0 Å². The highest BCUT2D eigenvalue weighted by atomic mass is 19.2. The second-order valence-electron chi connectivity index (χ2n) is 13.7. The number of hydrogen-bond donors (Lipinski definition) is 3. The topological polar surface area (TPSA) is 59.7 Å². The summed E-state index contributed by atoms with van der Waals surface area (Å²) in [7, 11) is 0. The normalized spacial score (nSPS) is 17.9. The number of rotatable bonds is 3. The number of benzene rings is 3. The standard InChI is InChI=1S/C40H17F15N4/c1-40(2)17-9-7-15(58-17)20(23-27(43)33(49)38(54)34(50)28(23)44)13-5-3-11(56-13)19(22-25(41)31(47)37(53)32(48)26(22)42)12-4-6-14(57-12)21(16-8-10-18(40)59-16)24-29(45)35(51)39(55)36(52)30(24)46/h3-10,56,58-59H,1-2H3/b19-11+,20-13+,21-14+. The summed E-state index contributed by atoms with van der Waals surface area (Å²) in [5, 5.41) is -1.28. The van der Waals surface area contributed by atoms with Crippen LogP contribution in [-0.4, -0.2) is 20.7 Å². The fourth-order valence-electron chi connectivity index (χ4n) is 6.97. The van der Waals surface area contributed by atoms with Gasteiger partial charge in [0.1, 0.15) is 0 Å². The van der Waals surface area contributed by atoms with Crippen LogP contribution in [-0.2, 0) is 5.41 Å². The number of aromatic nitrogens is 3. The predicted molar refractivity (Wildman–Crippen MR) is 179 cm³/mol. The van der Waals surface area contributed by atoms with Crippen molar-refractivity contribution in [2.45, 2.75) is 19.3 Å². The highest BCUT2D eigenvalue weighted by Gasteiger charge is 2.36. The fraction of sp³-hybridized carbons (Fsp3) is 0.0750. The lowest BCUT2D eigenvalue weighted by molar-refractivity contribution is 0.376. The van der Waals surface area contributed by atoms with E-state index in [9.17, 15) is 39.5 Å². The molecular weight excluding hydrogens is 821 g/mol. The molecule has 0 aliphatic carbocycles. The van der Waals surface area contributed by atoms with Gasteiger partial charge in [-0.25, -0.2) is 70.8 Å². The molecule has 19 heteroatoms. The molecule has 8 rings (SSSR count). The van der Waals surface area contributed by atoms with Crippen LogP contribution < -0.4 is 10.7 Å². The van der Waals surface area contributed by atoms with E-state index in [0.717, 1.165) is 36.4 Å². The smallest absolute Gasteiger partial charge is 0.200 e. The number of hydrogen-bond acceptors (Lipinski definition) is 1. The number of aliphatic imine (C=N–C) groups is 1. The van der Waals surface area contributed by atoms with E-state index in [-0.39, 0.29) is 17.1 Å². The molecule has 6 aromatic rings. The summed E-state index contributed by atoms with van der Waals surface area (Å²) in [6.45, 7) is 3.04. The molecule has 0 saturated heterocycles. The van der Waals surface area contributed by atoms with Crippen molar-refractivity contribution in [1.29, 1.82) is 0 Å². The van der Waals surface area contributed by atoms with E-state index >= 15 is 26.3 Å². The van der Waals surface area contributed by atoms with Gasteiger partial charge in [-0.15, -0.1) is 0 Å². The minimum absolute atomic E-state index is 0.106. The Hall–Kier alpha value is -6.66. The summed E-state index contributed by atoms with van der Waals surface area (Å²) in [5.41, 5.74) is -10.8. The van der Waals surface area contributed by atoms with Crippen molar-refractivity contribution in [3.05, 3.63) is 192 Å². The average molecular weight is 839 g/mol. The summed E-state index contributed by atoms with van der Waals surface area (Å²) in [4.78, 5) is 12.2. The zero-order valence-corrected chi connectivity index (χ0v) is 29.2. The lowest BCUT2D eigenvalue weighted by Gasteiger charge is -2.23. The third-order valence-electron chi connectivity index (χ3n) is 10.0. The summed E-state index contributed by atoms with van der Waals surface area (Å²) in [6.07, 6.45) is 1.66. The van der Waals surface area contributed by atoms with Crippen LogP contribution in [0.15, 0.2) is 59.2 Å². The first-order chi connectivity index (χ1) is 27.8. The van der Waals surface area contributed by atoms with Crippen molar-refractivity contribution >= 4 is 22.4 Å². The minimum Gasteiger partial charge on any atom is -0.358 e. The average Bonchev–Trinajstić information content (AvgIpc) is 4.06. The van der Waals surface area contributed by atoms with Gasteiger partial charge in [0.15, 0.2) is 69.8 Å². The van der Waals surface area contributed by atoms with Crippen LogP contribution in [0.1, 0.15) is 53.3 Å². The van der Waals surface area contributed by atoms with Crippen LogP contribution in [0.5, 0.6) is 0 Å².